The Morgan fingerprint density at radius 3 is 2.50 bits per heavy atom. The molecule has 0 bridgehead atoms. The molecule has 2 atom stereocenters. The van der Waals surface area contributed by atoms with Crippen LogP contribution in [0.4, 0.5) is 14.6 Å². The Hall–Kier alpha value is -3.49. The lowest BCUT2D eigenvalue weighted by molar-refractivity contribution is 0.0915. The van der Waals surface area contributed by atoms with Gasteiger partial charge in [0.1, 0.15) is 17.5 Å². The summed E-state index contributed by atoms with van der Waals surface area (Å²) in [4.78, 5) is 13.8. The van der Waals surface area contributed by atoms with Gasteiger partial charge < -0.3 is 15.7 Å². The van der Waals surface area contributed by atoms with Crippen molar-refractivity contribution in [1.29, 1.82) is 0 Å². The topological polar surface area (TPSA) is 83.0 Å². The molecule has 2 aromatic rings. The fraction of sp³-hybridized carbons (Fsp3) is 0.406. The molecule has 1 aliphatic carbocycles. The van der Waals surface area contributed by atoms with Crippen LogP contribution in [0.25, 0.3) is 23.0 Å². The number of nitrogens with zero attached hydrogens (tertiary/aromatic N) is 3. The monoisotopic (exact) mass is 549 g/mol. The quantitative estimate of drug-likeness (QED) is 0.401. The normalized spacial score (nSPS) is 21.1. The van der Waals surface area contributed by atoms with E-state index in [1.54, 1.807) is 19.2 Å². The highest BCUT2D eigenvalue weighted by Crippen LogP contribution is 2.33. The summed E-state index contributed by atoms with van der Waals surface area (Å²) in [6.07, 6.45) is 12.1. The number of nitrogens with one attached hydrogen (secondary N) is 2. The van der Waals surface area contributed by atoms with E-state index in [4.69, 9.17) is 15.1 Å². The second-order valence-corrected chi connectivity index (χ2v) is 10.3. The van der Waals surface area contributed by atoms with Crippen molar-refractivity contribution in [3.8, 4) is 11.4 Å². The minimum atomic E-state index is -0.721. The van der Waals surface area contributed by atoms with Gasteiger partial charge in [0.05, 0.1) is 11.5 Å². The molecule has 2 aliphatic rings. The molecule has 3 heterocycles. The van der Waals surface area contributed by atoms with Crippen LogP contribution < -0.4 is 21.2 Å². The lowest BCUT2D eigenvalue weighted by Gasteiger charge is -2.27. The van der Waals surface area contributed by atoms with Crippen LogP contribution in [0.5, 0.6) is 0 Å². The van der Waals surface area contributed by atoms with Gasteiger partial charge in [-0.25, -0.2) is 23.7 Å². The number of pyridine rings is 1. The van der Waals surface area contributed by atoms with Gasteiger partial charge in [0.2, 0.25) is 0 Å². The summed E-state index contributed by atoms with van der Waals surface area (Å²) in [5.41, 5.74) is 3.07. The van der Waals surface area contributed by atoms with E-state index in [1.807, 2.05) is 32.1 Å². The fourth-order valence-electron chi connectivity index (χ4n) is 4.63. The van der Waals surface area contributed by atoms with Gasteiger partial charge >= 0.3 is 0 Å². The Balaban J connectivity index is 0.000000472. The number of piperidine rings is 1. The maximum Gasteiger partial charge on any atom is 0.160 e. The van der Waals surface area contributed by atoms with Crippen LogP contribution in [0.1, 0.15) is 52.1 Å². The second-order valence-electron chi connectivity index (χ2n) is 10.3. The fourth-order valence-corrected chi connectivity index (χ4v) is 4.63. The number of aromatic nitrogens is 3. The molecule has 1 saturated heterocycles. The van der Waals surface area contributed by atoms with Gasteiger partial charge in [-0.3, -0.25) is 0 Å². The first kappa shape index (κ1) is 31.0. The largest absolute Gasteiger partial charge is 0.392 e. The van der Waals surface area contributed by atoms with Crippen molar-refractivity contribution in [3.05, 3.63) is 83.3 Å². The second kappa shape index (κ2) is 14.8. The number of hydrogen-bond acceptors (Lipinski definition) is 6. The predicted octanol–water partition coefficient (Wildman–Crippen LogP) is 5.41. The molecule has 2 aromatic heterocycles. The Bertz CT molecular complexity index is 1380. The molecule has 2 fully saturated rings. The van der Waals surface area contributed by atoms with Gasteiger partial charge in [0, 0.05) is 34.9 Å². The number of rotatable bonds is 7. The lowest BCUT2D eigenvalue weighted by Crippen LogP contribution is -2.39. The van der Waals surface area contributed by atoms with Crippen molar-refractivity contribution < 1.29 is 13.9 Å². The van der Waals surface area contributed by atoms with Gasteiger partial charge in [-0.2, -0.15) is 0 Å². The Labute approximate surface area is 236 Å². The summed E-state index contributed by atoms with van der Waals surface area (Å²) in [5.74, 6) is 0.682. The van der Waals surface area contributed by atoms with Crippen molar-refractivity contribution in [3.63, 3.8) is 0 Å². The van der Waals surface area contributed by atoms with Crippen LogP contribution in [0, 0.1) is 18.8 Å². The van der Waals surface area contributed by atoms with E-state index >= 15 is 0 Å². The number of aryl methyl sites for hydroxylation is 1. The molecule has 0 aromatic carbocycles. The third-order valence-electron chi connectivity index (χ3n) is 7.33. The summed E-state index contributed by atoms with van der Waals surface area (Å²) in [6, 6.07) is 3.57. The smallest absolute Gasteiger partial charge is 0.160 e. The Morgan fingerprint density at radius 1 is 1.20 bits per heavy atom. The average molecular weight is 550 g/mol. The van der Waals surface area contributed by atoms with Crippen LogP contribution in [0.15, 0.2) is 67.1 Å². The van der Waals surface area contributed by atoms with E-state index in [0.29, 0.717) is 23.5 Å². The molecule has 3 N–H and O–H groups in total. The van der Waals surface area contributed by atoms with E-state index in [1.165, 1.54) is 24.8 Å². The van der Waals surface area contributed by atoms with Crippen LogP contribution >= 0.6 is 0 Å². The molecule has 2 unspecified atom stereocenters. The lowest BCUT2D eigenvalue weighted by atomic mass is 9.78. The Kier molecular flexibility index (Phi) is 11.5. The number of allylic oxidation sites excluding steroid dienone is 6. The molecule has 1 aliphatic heterocycles. The maximum absolute atomic E-state index is 14.1. The molecule has 6 nitrogen and oxygen atoms in total. The van der Waals surface area contributed by atoms with Crippen LogP contribution in [0.2, 0.25) is 0 Å². The summed E-state index contributed by atoms with van der Waals surface area (Å²) < 4.78 is 26.9. The number of aliphatic hydroxyl groups is 1. The third-order valence-corrected chi connectivity index (χ3v) is 7.33. The van der Waals surface area contributed by atoms with Crippen molar-refractivity contribution in [2.24, 2.45) is 11.8 Å². The van der Waals surface area contributed by atoms with E-state index in [-0.39, 0.29) is 11.8 Å². The first-order valence-electron chi connectivity index (χ1n) is 13.8. The molecule has 0 spiro atoms. The SMILES string of the molecule is C=C/C(=c1/c(C)nc(-c2ccnc(N/C(C)=C(F)/C=C\C(=C)F)c2)n/c1=C/C)C1CCC1.CC1CCNCC1O. The zero-order valence-electron chi connectivity index (χ0n) is 24.0. The highest BCUT2D eigenvalue weighted by atomic mass is 19.1. The highest BCUT2D eigenvalue weighted by molar-refractivity contribution is 5.63. The van der Waals surface area contributed by atoms with E-state index < -0.39 is 11.7 Å². The molecule has 1 saturated carbocycles. The molecular weight excluding hydrogens is 508 g/mol. The third kappa shape index (κ3) is 8.26. The van der Waals surface area contributed by atoms with Crippen LogP contribution in [-0.4, -0.2) is 39.3 Å². The average Bonchev–Trinajstić information content (AvgIpc) is 2.91. The molecule has 8 heteroatoms. The number of aliphatic hydroxyl groups excluding tert-OH is 1. The number of hydrogen-bond donors (Lipinski definition) is 3. The van der Waals surface area contributed by atoms with Gasteiger partial charge in [-0.1, -0.05) is 38.7 Å². The molecule has 214 valence electrons. The minimum absolute atomic E-state index is 0.108. The molecule has 0 amide bonds. The van der Waals surface area contributed by atoms with Gasteiger partial charge in [0.15, 0.2) is 5.82 Å². The molecule has 0 radical (unpaired) electrons. The first-order chi connectivity index (χ1) is 19.1. The molecular formula is C32H41F2N5O. The molecule has 4 rings (SSSR count). The number of halogens is 2. The Morgan fingerprint density at radius 2 is 1.95 bits per heavy atom. The van der Waals surface area contributed by atoms with Crippen molar-refractivity contribution in [1.82, 2.24) is 20.3 Å². The van der Waals surface area contributed by atoms with Crippen molar-refractivity contribution in [2.45, 2.75) is 59.5 Å². The highest BCUT2D eigenvalue weighted by Gasteiger charge is 2.22. The summed E-state index contributed by atoms with van der Waals surface area (Å²) in [6.45, 7) is 16.5. The van der Waals surface area contributed by atoms with Crippen molar-refractivity contribution in [2.75, 3.05) is 18.4 Å². The van der Waals surface area contributed by atoms with Gasteiger partial charge in [-0.05, 0) is 88.3 Å². The summed E-state index contributed by atoms with van der Waals surface area (Å²) in [7, 11) is 0. The van der Waals surface area contributed by atoms with Crippen LogP contribution in [-0.2, 0) is 0 Å². The number of β-amino-alcohol motifs (C(OH)–C–C–N with tert-alkyl or cyclic N) is 1. The van der Waals surface area contributed by atoms with E-state index in [0.717, 1.165) is 53.5 Å². The summed E-state index contributed by atoms with van der Waals surface area (Å²) >= 11 is 0. The first-order valence-corrected chi connectivity index (χ1v) is 13.8. The zero-order valence-corrected chi connectivity index (χ0v) is 24.0. The van der Waals surface area contributed by atoms with Crippen LogP contribution in [0.3, 0.4) is 0 Å². The maximum atomic E-state index is 14.1. The van der Waals surface area contributed by atoms with Gasteiger partial charge in [-0.15, -0.1) is 0 Å². The minimum Gasteiger partial charge on any atom is -0.392 e. The predicted molar refractivity (Wildman–Crippen MR) is 160 cm³/mol. The molecule has 40 heavy (non-hydrogen) atoms. The van der Waals surface area contributed by atoms with Gasteiger partial charge in [0.25, 0.3) is 0 Å². The number of anilines is 1. The van der Waals surface area contributed by atoms with E-state index in [9.17, 15) is 8.78 Å². The van der Waals surface area contributed by atoms with Crippen molar-refractivity contribution >= 4 is 17.5 Å². The standard InChI is InChI=1S/C26H28F2N4.C6H13NO/c1-6-21(19-9-8-10-19)25-18(5)31-26(32-23(25)7-2)20-13-14-29-24(15-20)30-17(4)22(28)12-11-16(3)27;1-5-2-3-7-4-6(5)8/h6-7,11-15,19H,1,3,8-10H2,2,4-5H3,(H,29,30);5-8H,2-4H2,1H3/b12-11-,22-17-,23-7+,25-21+;. The summed E-state index contributed by atoms with van der Waals surface area (Å²) in [5, 5.41) is 17.1. The van der Waals surface area contributed by atoms with E-state index in [2.05, 4.69) is 35.7 Å². The zero-order chi connectivity index (χ0) is 29.2.